The minimum absolute atomic E-state index is 0.147. The Labute approximate surface area is 227 Å². The summed E-state index contributed by atoms with van der Waals surface area (Å²) >= 11 is 0. The number of benzene rings is 3. The second-order valence-electron chi connectivity index (χ2n) is 10.7. The molecule has 0 radical (unpaired) electrons. The van der Waals surface area contributed by atoms with Crippen molar-refractivity contribution in [1.29, 1.82) is 0 Å². The average molecular weight is 523 g/mol. The normalized spacial score (nSPS) is 25.1. The number of imide groups is 1. The average Bonchev–Trinajstić information content (AvgIpc) is 3.63. The molecule has 1 saturated heterocycles. The van der Waals surface area contributed by atoms with Gasteiger partial charge in [-0.3, -0.25) is 19.3 Å². The highest BCUT2D eigenvalue weighted by Crippen LogP contribution is 2.61. The lowest BCUT2D eigenvalue weighted by molar-refractivity contribution is -0.123. The molecule has 0 aromatic heterocycles. The quantitative estimate of drug-likeness (QED) is 0.349. The van der Waals surface area contributed by atoms with Gasteiger partial charge in [-0.15, -0.1) is 0 Å². The Bertz CT molecular complexity index is 1430. The van der Waals surface area contributed by atoms with Gasteiger partial charge in [-0.1, -0.05) is 55.5 Å². The summed E-state index contributed by atoms with van der Waals surface area (Å²) in [6.45, 7) is 1.60. The zero-order chi connectivity index (χ0) is 27.1. The molecule has 0 spiro atoms. The predicted molar refractivity (Wildman–Crippen MR) is 146 cm³/mol. The van der Waals surface area contributed by atoms with E-state index in [-0.39, 0.29) is 47.0 Å². The van der Waals surface area contributed by atoms with Gasteiger partial charge in [0, 0.05) is 5.69 Å². The van der Waals surface area contributed by atoms with Crippen LogP contribution in [0.25, 0.3) is 0 Å². The fourth-order valence-corrected chi connectivity index (χ4v) is 6.80. The molecule has 1 heterocycles. The van der Waals surface area contributed by atoms with Crippen molar-refractivity contribution in [3.8, 4) is 0 Å². The SMILES string of the molecule is CCc1ccc(NC(=O)COC(=O)c2cccc(N3C(=O)[C@@H]4[C@@H]5C[C@@H]([C@@H]4C3=O)[C@@H](c3ccccc3)C5)c2)cc1. The van der Waals surface area contributed by atoms with Crippen LogP contribution in [0.3, 0.4) is 0 Å². The van der Waals surface area contributed by atoms with Crippen LogP contribution in [0.5, 0.6) is 0 Å². The van der Waals surface area contributed by atoms with E-state index in [0.717, 1.165) is 24.8 Å². The lowest BCUT2D eigenvalue weighted by Crippen LogP contribution is -2.33. The molecule has 3 aromatic carbocycles. The van der Waals surface area contributed by atoms with E-state index < -0.39 is 18.5 Å². The number of anilines is 2. The van der Waals surface area contributed by atoms with Crippen molar-refractivity contribution in [3.05, 3.63) is 95.6 Å². The predicted octanol–water partition coefficient (Wildman–Crippen LogP) is 4.97. The van der Waals surface area contributed by atoms with Crippen molar-refractivity contribution >= 4 is 35.1 Å². The third kappa shape index (κ3) is 4.52. The van der Waals surface area contributed by atoms with Crippen molar-refractivity contribution in [2.75, 3.05) is 16.8 Å². The fourth-order valence-electron chi connectivity index (χ4n) is 6.80. The number of aryl methyl sites for hydroxylation is 1. The lowest BCUT2D eigenvalue weighted by Gasteiger charge is -2.28. The largest absolute Gasteiger partial charge is 0.452 e. The highest BCUT2D eigenvalue weighted by molar-refractivity contribution is 6.23. The van der Waals surface area contributed by atoms with Crippen molar-refractivity contribution in [3.63, 3.8) is 0 Å². The van der Waals surface area contributed by atoms with Gasteiger partial charge >= 0.3 is 5.97 Å². The smallest absolute Gasteiger partial charge is 0.338 e. The van der Waals surface area contributed by atoms with Crippen LogP contribution < -0.4 is 10.2 Å². The van der Waals surface area contributed by atoms with E-state index in [0.29, 0.717) is 11.4 Å². The molecule has 5 atom stereocenters. The van der Waals surface area contributed by atoms with Crippen molar-refractivity contribution < 1.29 is 23.9 Å². The number of nitrogens with one attached hydrogen (secondary N) is 1. The summed E-state index contributed by atoms with van der Waals surface area (Å²) in [7, 11) is 0. The standard InChI is InChI=1S/C32H30N2O5/c1-2-19-11-13-23(14-12-19)33-27(35)18-39-32(38)21-9-6-10-24(15-21)34-30(36)28-22-16-25(20-7-4-3-5-8-20)26(17-22)29(28)31(34)37/h3-15,22,25-26,28-29H,2,16-18H2,1H3,(H,33,35)/t22-,25+,26+,28+,29-/m0/s1. The van der Waals surface area contributed by atoms with Gasteiger partial charge in [-0.05, 0) is 78.5 Å². The first kappa shape index (κ1) is 25.0. The second-order valence-corrected chi connectivity index (χ2v) is 10.7. The highest BCUT2D eigenvalue weighted by Gasteiger charge is 2.64. The zero-order valence-electron chi connectivity index (χ0n) is 21.7. The molecule has 3 fully saturated rings. The summed E-state index contributed by atoms with van der Waals surface area (Å²) in [6, 6.07) is 24.0. The van der Waals surface area contributed by atoms with E-state index in [1.54, 1.807) is 30.3 Å². The van der Waals surface area contributed by atoms with Crippen molar-refractivity contribution in [2.24, 2.45) is 23.7 Å². The van der Waals surface area contributed by atoms with Gasteiger partial charge in [0.1, 0.15) is 0 Å². The van der Waals surface area contributed by atoms with Crippen LogP contribution in [0, 0.1) is 23.7 Å². The molecule has 7 heteroatoms. The maximum atomic E-state index is 13.6. The molecule has 39 heavy (non-hydrogen) atoms. The van der Waals surface area contributed by atoms with Crippen molar-refractivity contribution in [2.45, 2.75) is 32.1 Å². The number of hydrogen-bond acceptors (Lipinski definition) is 5. The Morgan fingerprint density at radius 3 is 2.38 bits per heavy atom. The maximum absolute atomic E-state index is 13.6. The Morgan fingerprint density at radius 2 is 1.64 bits per heavy atom. The first-order valence-electron chi connectivity index (χ1n) is 13.5. The number of fused-ring (bicyclic) bond motifs is 5. The number of esters is 1. The molecule has 3 aliphatic rings. The van der Waals surface area contributed by atoms with Gasteiger partial charge in [0.2, 0.25) is 11.8 Å². The van der Waals surface area contributed by atoms with Gasteiger partial charge in [-0.2, -0.15) is 0 Å². The minimum Gasteiger partial charge on any atom is -0.452 e. The number of carbonyl (C=O) groups excluding carboxylic acids is 4. The Balaban J connectivity index is 1.12. The van der Waals surface area contributed by atoms with E-state index in [1.807, 2.05) is 37.3 Å². The minimum atomic E-state index is -0.697. The number of amides is 3. The molecule has 3 aromatic rings. The summed E-state index contributed by atoms with van der Waals surface area (Å²) in [5.74, 6) is -1.52. The second kappa shape index (κ2) is 10.1. The van der Waals surface area contributed by atoms with Crippen molar-refractivity contribution in [1.82, 2.24) is 0 Å². The summed E-state index contributed by atoms with van der Waals surface area (Å²) in [5.41, 5.74) is 3.55. The molecule has 2 aliphatic carbocycles. The molecule has 0 unspecified atom stereocenters. The molecule has 6 rings (SSSR count). The third-order valence-electron chi connectivity index (χ3n) is 8.56. The van der Waals surface area contributed by atoms with E-state index in [1.165, 1.54) is 16.5 Å². The molecule has 1 aliphatic heterocycles. The first-order chi connectivity index (χ1) is 18.9. The molecule has 2 bridgehead atoms. The van der Waals surface area contributed by atoms with Gasteiger partial charge in [-0.25, -0.2) is 4.79 Å². The lowest BCUT2D eigenvalue weighted by atomic mass is 9.73. The summed E-state index contributed by atoms with van der Waals surface area (Å²) in [6.07, 6.45) is 2.72. The number of ether oxygens (including phenoxy) is 1. The van der Waals surface area contributed by atoms with Crippen LogP contribution in [0.4, 0.5) is 11.4 Å². The Hall–Kier alpha value is -4.26. The monoisotopic (exact) mass is 522 g/mol. The molecule has 1 N–H and O–H groups in total. The summed E-state index contributed by atoms with van der Waals surface area (Å²) in [4.78, 5) is 53.4. The van der Waals surface area contributed by atoms with Gasteiger partial charge in [0.15, 0.2) is 6.61 Å². The van der Waals surface area contributed by atoms with E-state index in [2.05, 4.69) is 17.4 Å². The fraction of sp³-hybridized carbons (Fsp3) is 0.312. The molecule has 198 valence electrons. The summed E-state index contributed by atoms with van der Waals surface area (Å²) < 4.78 is 5.22. The molecule has 3 amide bonds. The van der Waals surface area contributed by atoms with E-state index >= 15 is 0 Å². The van der Waals surface area contributed by atoms with Crippen LogP contribution >= 0.6 is 0 Å². The topological polar surface area (TPSA) is 92.8 Å². The number of hydrogen-bond donors (Lipinski definition) is 1. The van der Waals surface area contributed by atoms with Crippen LogP contribution in [0.2, 0.25) is 0 Å². The number of nitrogens with zero attached hydrogens (tertiary/aromatic N) is 1. The molecule has 2 saturated carbocycles. The molecule has 7 nitrogen and oxygen atoms in total. The van der Waals surface area contributed by atoms with E-state index in [4.69, 9.17) is 4.74 Å². The Kier molecular flexibility index (Phi) is 6.51. The third-order valence-corrected chi connectivity index (χ3v) is 8.56. The highest BCUT2D eigenvalue weighted by atomic mass is 16.5. The number of carbonyl (C=O) groups is 4. The maximum Gasteiger partial charge on any atom is 0.338 e. The van der Waals surface area contributed by atoms with Gasteiger partial charge < -0.3 is 10.1 Å². The van der Waals surface area contributed by atoms with Gasteiger partial charge in [0.05, 0.1) is 23.1 Å². The Morgan fingerprint density at radius 1 is 0.897 bits per heavy atom. The molecular weight excluding hydrogens is 492 g/mol. The van der Waals surface area contributed by atoms with Crippen LogP contribution in [-0.2, 0) is 25.5 Å². The molecular formula is C32H30N2O5. The number of rotatable bonds is 7. The first-order valence-corrected chi connectivity index (χ1v) is 13.5. The zero-order valence-corrected chi connectivity index (χ0v) is 21.7. The van der Waals surface area contributed by atoms with Crippen LogP contribution in [-0.4, -0.2) is 30.3 Å². The van der Waals surface area contributed by atoms with Crippen LogP contribution in [0.1, 0.15) is 47.2 Å². The summed E-state index contributed by atoms with van der Waals surface area (Å²) in [5, 5.41) is 2.71. The van der Waals surface area contributed by atoms with E-state index in [9.17, 15) is 19.2 Å². The van der Waals surface area contributed by atoms with Gasteiger partial charge in [0.25, 0.3) is 5.91 Å². The van der Waals surface area contributed by atoms with Crippen LogP contribution in [0.15, 0.2) is 78.9 Å².